The Morgan fingerprint density at radius 3 is 2.57 bits per heavy atom. The van der Waals surface area contributed by atoms with Crippen molar-refractivity contribution in [2.24, 2.45) is 0 Å². The summed E-state index contributed by atoms with van der Waals surface area (Å²) >= 11 is 0. The van der Waals surface area contributed by atoms with Crippen molar-refractivity contribution in [3.63, 3.8) is 0 Å². The van der Waals surface area contributed by atoms with E-state index in [1.165, 1.54) is 11.1 Å². The van der Waals surface area contributed by atoms with Gasteiger partial charge >= 0.3 is 0 Å². The fraction of sp³-hybridized carbons (Fsp3) is 0.294. The second kappa shape index (κ2) is 5.56. The molecule has 0 aliphatic carbocycles. The molecule has 0 aliphatic rings. The second-order valence-corrected chi connectivity index (χ2v) is 5.64. The summed E-state index contributed by atoms with van der Waals surface area (Å²) in [5.41, 5.74) is 4.62. The highest BCUT2D eigenvalue weighted by molar-refractivity contribution is 5.49. The Kier molecular flexibility index (Phi) is 3.60. The van der Waals surface area contributed by atoms with Gasteiger partial charge in [-0.15, -0.1) is 5.10 Å². The van der Waals surface area contributed by atoms with Crippen molar-refractivity contribution < 1.29 is 0 Å². The van der Waals surface area contributed by atoms with Gasteiger partial charge in [0, 0.05) is 12.7 Å². The van der Waals surface area contributed by atoms with Crippen LogP contribution in [0.25, 0.3) is 5.65 Å². The second-order valence-electron chi connectivity index (χ2n) is 5.64. The molecule has 21 heavy (non-hydrogen) atoms. The normalized spacial score (nSPS) is 11.2. The Morgan fingerprint density at radius 2 is 1.90 bits per heavy atom. The molecule has 0 unspecified atom stereocenters. The van der Waals surface area contributed by atoms with Crippen molar-refractivity contribution >= 4 is 11.6 Å². The molecular formula is C17H20N4. The smallest absolute Gasteiger partial charge is 0.243 e. The maximum Gasteiger partial charge on any atom is 0.243 e. The van der Waals surface area contributed by atoms with E-state index in [-0.39, 0.29) is 0 Å². The Hall–Kier alpha value is -2.36. The van der Waals surface area contributed by atoms with E-state index in [0.29, 0.717) is 11.9 Å². The third-order valence-corrected chi connectivity index (χ3v) is 3.65. The van der Waals surface area contributed by atoms with Gasteiger partial charge in [0.25, 0.3) is 0 Å². The topological polar surface area (TPSA) is 42.2 Å². The molecule has 2 heterocycles. The highest BCUT2D eigenvalue weighted by atomic mass is 15.3. The summed E-state index contributed by atoms with van der Waals surface area (Å²) in [6, 6.07) is 12.7. The number of anilines is 1. The number of hydrogen-bond acceptors (Lipinski definition) is 3. The minimum atomic E-state index is 0.565. The molecular weight excluding hydrogens is 260 g/mol. The van der Waals surface area contributed by atoms with Gasteiger partial charge in [0.05, 0.1) is 0 Å². The van der Waals surface area contributed by atoms with Crippen LogP contribution in [0, 0.1) is 6.92 Å². The van der Waals surface area contributed by atoms with Crippen molar-refractivity contribution in [2.45, 2.75) is 33.2 Å². The first-order valence-corrected chi connectivity index (χ1v) is 7.28. The van der Waals surface area contributed by atoms with Crippen molar-refractivity contribution in [1.29, 1.82) is 0 Å². The number of aryl methyl sites for hydroxylation is 1. The van der Waals surface area contributed by atoms with Crippen LogP contribution in [0.5, 0.6) is 0 Å². The molecule has 1 N–H and O–H groups in total. The summed E-state index contributed by atoms with van der Waals surface area (Å²) in [6.45, 7) is 7.18. The minimum absolute atomic E-state index is 0.565. The van der Waals surface area contributed by atoms with Gasteiger partial charge in [-0.25, -0.2) is 4.52 Å². The van der Waals surface area contributed by atoms with E-state index in [1.807, 2.05) is 25.3 Å². The fourth-order valence-electron chi connectivity index (χ4n) is 2.32. The Labute approximate surface area is 124 Å². The molecule has 0 atom stereocenters. The van der Waals surface area contributed by atoms with E-state index < -0.39 is 0 Å². The first-order chi connectivity index (χ1) is 10.1. The number of fused-ring (bicyclic) bond motifs is 1. The number of aromatic nitrogens is 3. The lowest BCUT2D eigenvalue weighted by atomic mass is 10.0. The highest BCUT2D eigenvalue weighted by Gasteiger charge is 2.05. The van der Waals surface area contributed by atoms with Gasteiger partial charge in [-0.3, -0.25) is 0 Å². The molecule has 3 rings (SSSR count). The molecule has 0 amide bonds. The van der Waals surface area contributed by atoms with Crippen LogP contribution in [0.4, 0.5) is 5.95 Å². The molecule has 0 fully saturated rings. The minimum Gasteiger partial charge on any atom is -0.349 e. The molecule has 3 aromatic rings. The van der Waals surface area contributed by atoms with Crippen LogP contribution in [-0.2, 0) is 6.54 Å². The van der Waals surface area contributed by atoms with Crippen LogP contribution in [0.15, 0.2) is 42.6 Å². The first-order valence-electron chi connectivity index (χ1n) is 7.28. The number of benzene rings is 1. The lowest BCUT2D eigenvalue weighted by molar-refractivity contribution is 0.865. The number of pyridine rings is 1. The SMILES string of the molecule is Cc1cccn2nc(NCc3ccc(C(C)C)cc3)nc12. The van der Waals surface area contributed by atoms with E-state index in [9.17, 15) is 0 Å². The number of rotatable bonds is 4. The largest absolute Gasteiger partial charge is 0.349 e. The van der Waals surface area contributed by atoms with Crippen LogP contribution in [0.2, 0.25) is 0 Å². The van der Waals surface area contributed by atoms with E-state index in [2.05, 4.69) is 53.5 Å². The number of hydrogen-bond donors (Lipinski definition) is 1. The van der Waals surface area contributed by atoms with Crippen LogP contribution in [0.1, 0.15) is 36.5 Å². The molecule has 1 aromatic carbocycles. The zero-order chi connectivity index (χ0) is 14.8. The van der Waals surface area contributed by atoms with E-state index in [0.717, 1.165) is 17.8 Å². The average Bonchev–Trinajstić information content (AvgIpc) is 2.90. The molecule has 0 bridgehead atoms. The summed E-state index contributed by atoms with van der Waals surface area (Å²) in [6.07, 6.45) is 1.91. The van der Waals surface area contributed by atoms with Crippen LogP contribution < -0.4 is 5.32 Å². The van der Waals surface area contributed by atoms with Crippen molar-refractivity contribution in [2.75, 3.05) is 5.32 Å². The molecule has 2 aromatic heterocycles. The molecule has 0 saturated heterocycles. The summed E-state index contributed by atoms with van der Waals surface area (Å²) in [5.74, 6) is 1.23. The van der Waals surface area contributed by atoms with E-state index in [1.54, 1.807) is 4.52 Å². The van der Waals surface area contributed by atoms with Crippen LogP contribution in [-0.4, -0.2) is 14.6 Å². The third-order valence-electron chi connectivity index (χ3n) is 3.65. The van der Waals surface area contributed by atoms with Gasteiger partial charge in [0.2, 0.25) is 5.95 Å². The van der Waals surface area contributed by atoms with Gasteiger partial charge in [-0.1, -0.05) is 44.2 Å². The van der Waals surface area contributed by atoms with Crippen molar-refractivity contribution in [1.82, 2.24) is 14.6 Å². The molecule has 0 saturated carbocycles. The van der Waals surface area contributed by atoms with Crippen LogP contribution >= 0.6 is 0 Å². The summed E-state index contributed by atoms with van der Waals surface area (Å²) in [5, 5.41) is 7.71. The van der Waals surface area contributed by atoms with Crippen LogP contribution in [0.3, 0.4) is 0 Å². The molecule has 0 spiro atoms. The summed E-state index contributed by atoms with van der Waals surface area (Å²) in [7, 11) is 0. The first kappa shape index (κ1) is 13.6. The Morgan fingerprint density at radius 1 is 1.14 bits per heavy atom. The lowest BCUT2D eigenvalue weighted by Crippen LogP contribution is -2.01. The lowest BCUT2D eigenvalue weighted by Gasteiger charge is -2.07. The zero-order valence-electron chi connectivity index (χ0n) is 12.7. The summed E-state index contributed by atoms with van der Waals surface area (Å²) < 4.78 is 1.81. The molecule has 108 valence electrons. The molecule has 4 nitrogen and oxygen atoms in total. The van der Waals surface area contributed by atoms with Crippen molar-refractivity contribution in [3.8, 4) is 0 Å². The molecule has 0 aliphatic heterocycles. The summed E-state index contributed by atoms with van der Waals surface area (Å²) in [4.78, 5) is 4.51. The predicted octanol–water partition coefficient (Wildman–Crippen LogP) is 3.77. The van der Waals surface area contributed by atoms with E-state index >= 15 is 0 Å². The van der Waals surface area contributed by atoms with Gasteiger partial charge in [0.15, 0.2) is 5.65 Å². The van der Waals surface area contributed by atoms with Gasteiger partial charge in [-0.2, -0.15) is 4.98 Å². The quantitative estimate of drug-likeness (QED) is 0.791. The van der Waals surface area contributed by atoms with Crippen molar-refractivity contribution in [3.05, 3.63) is 59.3 Å². The number of nitrogens with zero attached hydrogens (tertiary/aromatic N) is 3. The van der Waals surface area contributed by atoms with E-state index in [4.69, 9.17) is 0 Å². The average molecular weight is 280 g/mol. The fourth-order valence-corrected chi connectivity index (χ4v) is 2.32. The maximum absolute atomic E-state index is 4.51. The zero-order valence-corrected chi connectivity index (χ0v) is 12.7. The monoisotopic (exact) mass is 280 g/mol. The Bertz CT molecular complexity index is 741. The molecule has 4 heteroatoms. The number of nitrogens with one attached hydrogen (secondary N) is 1. The van der Waals surface area contributed by atoms with Gasteiger partial charge < -0.3 is 5.32 Å². The molecule has 0 radical (unpaired) electrons. The maximum atomic E-state index is 4.51. The highest BCUT2D eigenvalue weighted by Crippen LogP contribution is 2.15. The Balaban J connectivity index is 1.72. The third kappa shape index (κ3) is 2.89. The van der Waals surface area contributed by atoms with Gasteiger partial charge in [0.1, 0.15) is 0 Å². The van der Waals surface area contributed by atoms with Gasteiger partial charge in [-0.05, 0) is 35.6 Å². The standard InChI is InChI=1S/C17H20N4/c1-12(2)15-8-6-14(7-9-15)11-18-17-19-16-13(3)5-4-10-21(16)20-17/h4-10,12H,11H2,1-3H3,(H,18,20). The predicted molar refractivity (Wildman–Crippen MR) is 85.6 cm³/mol.